The second-order valence-corrected chi connectivity index (χ2v) is 2.42. The van der Waals surface area contributed by atoms with Gasteiger partial charge >= 0.3 is 32.7 Å². The zero-order chi connectivity index (χ0) is 9.23. The van der Waals surface area contributed by atoms with Crippen LogP contribution in [-0.2, 0) is 51.7 Å². The maximum Gasteiger partial charge on any atom is 3.00 e. The predicted octanol–water partition coefficient (Wildman–Crippen LogP) is 0.675. The number of methoxy groups -OCH3 is 2. The van der Waals surface area contributed by atoms with Crippen molar-refractivity contribution in [1.82, 2.24) is 0 Å². The van der Waals surface area contributed by atoms with Gasteiger partial charge in [-0.2, -0.15) is 0 Å². The predicted molar refractivity (Wildman–Crippen MR) is 44.5 cm³/mol. The molecular formula is C8H17O4Y+2. The van der Waals surface area contributed by atoms with Crippen LogP contribution in [0, 0.1) is 12.8 Å². The molecule has 0 saturated carbocycles. The Morgan fingerprint density at radius 3 is 1.69 bits per heavy atom. The average molecular weight is 266 g/mol. The van der Waals surface area contributed by atoms with Crippen LogP contribution in [0.5, 0.6) is 0 Å². The second-order valence-electron chi connectivity index (χ2n) is 2.42. The van der Waals surface area contributed by atoms with Crippen LogP contribution in [0.3, 0.4) is 0 Å². The summed E-state index contributed by atoms with van der Waals surface area (Å²) in [5, 5.41) is 0. The molecule has 0 heterocycles. The Hall–Kier alpha value is 0.944. The van der Waals surface area contributed by atoms with E-state index in [1.54, 1.807) is 14.2 Å². The smallest absolute Gasteiger partial charge is 0.359 e. The normalized spacial score (nSPS) is 10.2. The van der Waals surface area contributed by atoms with E-state index in [9.17, 15) is 0 Å². The summed E-state index contributed by atoms with van der Waals surface area (Å²) in [7, 11) is 3.17. The molecule has 0 aromatic carbocycles. The van der Waals surface area contributed by atoms with Gasteiger partial charge in [0.1, 0.15) is 13.6 Å². The summed E-state index contributed by atoms with van der Waals surface area (Å²) in [5.74, 6) is 0.121. The van der Waals surface area contributed by atoms with Crippen LogP contribution in [0.25, 0.3) is 0 Å². The van der Waals surface area contributed by atoms with Gasteiger partial charge in [0.2, 0.25) is 0 Å². The molecule has 0 aliphatic rings. The summed E-state index contributed by atoms with van der Waals surface area (Å²) in [4.78, 5) is 0. The molecule has 13 heavy (non-hydrogen) atoms. The Balaban J connectivity index is 0. The fraction of sp³-hybridized carbons (Fsp3) is 0.875. The molecule has 0 aliphatic carbocycles. The molecule has 0 N–H and O–H groups in total. The van der Waals surface area contributed by atoms with Crippen LogP contribution >= 0.6 is 0 Å². The largest absolute Gasteiger partial charge is 3.00 e. The van der Waals surface area contributed by atoms with Gasteiger partial charge in [0.15, 0.2) is 0 Å². The van der Waals surface area contributed by atoms with E-state index < -0.39 is 0 Å². The summed E-state index contributed by atoms with van der Waals surface area (Å²) in [6, 6.07) is 0. The van der Waals surface area contributed by atoms with E-state index in [-0.39, 0.29) is 38.6 Å². The molecule has 0 fully saturated rings. The van der Waals surface area contributed by atoms with Crippen LogP contribution in [0.4, 0.5) is 0 Å². The Labute approximate surface area is 105 Å². The Kier molecular flexibility index (Phi) is 16.3. The van der Waals surface area contributed by atoms with Crippen molar-refractivity contribution in [2.75, 3.05) is 41.0 Å². The Morgan fingerprint density at radius 2 is 1.38 bits per heavy atom. The maximum atomic E-state index is 5.07. The van der Waals surface area contributed by atoms with Crippen molar-refractivity contribution in [3.63, 3.8) is 0 Å². The molecule has 0 aromatic heterocycles. The Morgan fingerprint density at radius 1 is 1.00 bits per heavy atom. The molecule has 0 aromatic rings. The fourth-order valence-electron chi connectivity index (χ4n) is 0.644. The summed E-state index contributed by atoms with van der Waals surface area (Å²) in [5.41, 5.74) is 0. The molecule has 0 atom stereocenters. The van der Waals surface area contributed by atoms with E-state index in [1.807, 2.05) is 0 Å². The molecule has 0 amide bonds. The van der Waals surface area contributed by atoms with Gasteiger partial charge < -0.3 is 25.9 Å². The first-order valence-corrected chi connectivity index (χ1v) is 3.77. The van der Waals surface area contributed by atoms with Gasteiger partial charge in [-0.15, -0.1) is 5.92 Å². The van der Waals surface area contributed by atoms with E-state index in [0.717, 1.165) is 0 Å². The topological polar surface area (TPSA) is 36.9 Å². The number of rotatable bonds is 8. The van der Waals surface area contributed by atoms with E-state index in [2.05, 4.69) is 6.92 Å². The SMILES string of the molecule is [CH2-]C(COCOC)COCOC.[Y+3]. The second kappa shape index (κ2) is 12.9. The minimum absolute atomic E-state index is 0. The quantitative estimate of drug-likeness (QED) is 0.368. The van der Waals surface area contributed by atoms with Gasteiger partial charge in [0.25, 0.3) is 0 Å². The van der Waals surface area contributed by atoms with Gasteiger partial charge in [-0.05, 0) is 0 Å². The Bertz CT molecular complexity index is 82.2. The van der Waals surface area contributed by atoms with Crippen LogP contribution in [-0.4, -0.2) is 41.0 Å². The van der Waals surface area contributed by atoms with Crippen LogP contribution in [0.2, 0.25) is 0 Å². The third-order valence-electron chi connectivity index (χ3n) is 1.11. The van der Waals surface area contributed by atoms with Crippen LogP contribution < -0.4 is 0 Å². The number of ether oxygens (including phenoxy) is 4. The summed E-state index contributed by atoms with van der Waals surface area (Å²) in [6.07, 6.45) is 0. The molecular weight excluding hydrogens is 249 g/mol. The van der Waals surface area contributed by atoms with Crippen LogP contribution in [0.1, 0.15) is 0 Å². The molecule has 0 unspecified atom stereocenters. The zero-order valence-corrected chi connectivity index (χ0v) is 11.2. The molecule has 5 heteroatoms. The first kappa shape index (κ1) is 16.4. The molecule has 0 aliphatic heterocycles. The summed E-state index contributed by atoms with van der Waals surface area (Å²) >= 11 is 0. The standard InChI is InChI=1S/C8H17O4.Y/c1-8(4-11-6-9-2)5-12-7-10-3;/h8H,1,4-7H2,2-3H3;/q-1;+3. The van der Waals surface area contributed by atoms with Crippen molar-refractivity contribution in [1.29, 1.82) is 0 Å². The molecule has 4 nitrogen and oxygen atoms in total. The van der Waals surface area contributed by atoms with Gasteiger partial charge in [0.05, 0.1) is 0 Å². The van der Waals surface area contributed by atoms with Crippen LogP contribution in [0.15, 0.2) is 0 Å². The molecule has 0 rings (SSSR count). The molecule has 0 saturated heterocycles. The summed E-state index contributed by atoms with van der Waals surface area (Å²) in [6.45, 7) is 5.50. The van der Waals surface area contributed by atoms with Gasteiger partial charge in [-0.1, -0.05) is 0 Å². The summed E-state index contributed by atoms with van der Waals surface area (Å²) < 4.78 is 19.5. The maximum absolute atomic E-state index is 5.07. The molecule has 0 bridgehead atoms. The third kappa shape index (κ3) is 12.9. The van der Waals surface area contributed by atoms with Gasteiger partial charge in [0, 0.05) is 27.4 Å². The van der Waals surface area contributed by atoms with Crippen molar-refractivity contribution < 1.29 is 51.7 Å². The van der Waals surface area contributed by atoms with E-state index in [1.165, 1.54) is 0 Å². The van der Waals surface area contributed by atoms with E-state index in [0.29, 0.717) is 26.8 Å². The molecule has 0 radical (unpaired) electrons. The van der Waals surface area contributed by atoms with E-state index >= 15 is 0 Å². The van der Waals surface area contributed by atoms with Crippen molar-refractivity contribution in [2.24, 2.45) is 5.92 Å². The number of hydrogen-bond acceptors (Lipinski definition) is 4. The van der Waals surface area contributed by atoms with Crippen molar-refractivity contribution in [3.8, 4) is 0 Å². The molecule has 74 valence electrons. The van der Waals surface area contributed by atoms with Crippen molar-refractivity contribution >= 4 is 0 Å². The fourth-order valence-corrected chi connectivity index (χ4v) is 0.644. The third-order valence-corrected chi connectivity index (χ3v) is 1.11. The minimum Gasteiger partial charge on any atom is -0.359 e. The monoisotopic (exact) mass is 266 g/mol. The van der Waals surface area contributed by atoms with Crippen molar-refractivity contribution in [3.05, 3.63) is 6.92 Å². The number of hydrogen-bond donors (Lipinski definition) is 0. The van der Waals surface area contributed by atoms with E-state index in [4.69, 9.17) is 18.9 Å². The first-order valence-electron chi connectivity index (χ1n) is 3.77. The minimum atomic E-state index is 0. The van der Waals surface area contributed by atoms with Gasteiger partial charge in [-0.25, -0.2) is 0 Å². The zero-order valence-electron chi connectivity index (χ0n) is 8.32. The average Bonchev–Trinajstić information content (AvgIpc) is 2.06. The molecule has 0 spiro atoms. The first-order chi connectivity index (χ1) is 5.81. The van der Waals surface area contributed by atoms with Gasteiger partial charge in [-0.3, -0.25) is 0 Å². The van der Waals surface area contributed by atoms with Crippen molar-refractivity contribution in [2.45, 2.75) is 0 Å².